The lowest BCUT2D eigenvalue weighted by atomic mass is 10.8. The smallest absolute Gasteiger partial charge is 0.368 e. The van der Waals surface area contributed by atoms with E-state index in [2.05, 4.69) is 85.8 Å². The second-order valence-corrected chi connectivity index (χ2v) is 9.76. The van der Waals surface area contributed by atoms with Gasteiger partial charge in [-0.1, -0.05) is 0 Å². The minimum absolute atomic E-state index is 0.0421. The Morgan fingerprint density at radius 1 is 0.367 bits per heavy atom. The lowest BCUT2D eigenvalue weighted by molar-refractivity contribution is 0.225. The maximum Gasteiger partial charge on any atom is 0.478 e. The van der Waals surface area contributed by atoms with E-state index in [1.165, 1.54) is 0 Å². The third-order valence-electron chi connectivity index (χ3n) is 3.41. The number of phosphoric acid groups is 2. The van der Waals surface area contributed by atoms with E-state index in [0.717, 1.165) is 0 Å². The van der Waals surface area contributed by atoms with E-state index in [1.54, 1.807) is 0 Å². The van der Waals surface area contributed by atoms with Crippen molar-refractivity contribution in [2.24, 2.45) is 23.4 Å². The second kappa shape index (κ2) is 20.1. The van der Waals surface area contributed by atoms with Crippen molar-refractivity contribution in [3.63, 3.8) is 0 Å². The van der Waals surface area contributed by atoms with Crippen LogP contribution in [0.5, 0.6) is 0 Å². The molecule has 49 heavy (non-hydrogen) atoms. The highest BCUT2D eigenvalue weighted by molar-refractivity contribution is 7.60. The molecule has 0 bridgehead atoms. The van der Waals surface area contributed by atoms with Gasteiger partial charge in [0.1, 0.15) is 0 Å². The normalized spacial score (nSPS) is 10.1. The van der Waals surface area contributed by atoms with Gasteiger partial charge >= 0.3 is 15.6 Å². The van der Waals surface area contributed by atoms with Gasteiger partial charge in [-0.15, -0.1) is 0 Å². The van der Waals surface area contributed by atoms with Crippen LogP contribution in [0.25, 0.3) is 0 Å². The maximum absolute atomic E-state index is 9.63. The predicted molar refractivity (Wildman–Crippen MR) is 171 cm³/mol. The van der Waals surface area contributed by atoms with Crippen molar-refractivity contribution >= 4 is 87.0 Å². The van der Waals surface area contributed by atoms with Gasteiger partial charge in [0.15, 0.2) is 0 Å². The van der Waals surface area contributed by atoms with Gasteiger partial charge in [0.25, 0.3) is 0 Å². The molecule has 0 fully saturated rings. The van der Waals surface area contributed by atoms with E-state index in [4.69, 9.17) is 88.8 Å². The molecule has 0 aliphatic carbocycles. The number of hydrogen-bond donors (Lipinski definition) is 20. The average molecular weight is 743 g/mol. The Bertz CT molecular complexity index is 1400. The molecule has 0 radical (unpaired) electrons. The number of aromatic nitrogens is 12. The predicted octanol–water partition coefficient (Wildman–Crippen LogP) is -7.53. The van der Waals surface area contributed by atoms with Crippen molar-refractivity contribution in [1.82, 2.24) is 59.8 Å². The van der Waals surface area contributed by atoms with Crippen LogP contribution in [0.15, 0.2) is 0 Å². The van der Waals surface area contributed by atoms with Crippen LogP contribution >= 0.6 is 15.6 Å². The molecule has 272 valence electrons. The summed E-state index contributed by atoms with van der Waals surface area (Å²) in [7, 11) is -10.1. The summed E-state index contributed by atoms with van der Waals surface area (Å²) in [4.78, 5) is 73.8. The van der Waals surface area contributed by atoms with Crippen LogP contribution < -0.4 is 90.9 Å². The summed E-state index contributed by atoms with van der Waals surface area (Å²) in [5.74, 6) is 20.9. The fourth-order valence-electron chi connectivity index (χ4n) is 2.03. The first-order chi connectivity index (χ1) is 22.6. The number of rotatable bonds is 6. The fraction of sp³-hybridized carbons (Fsp3) is 0. The summed E-state index contributed by atoms with van der Waals surface area (Å²) in [6.45, 7) is 0. The molecular formula is C12H32N28O7P2. The molecule has 35 nitrogen and oxygen atoms in total. The van der Waals surface area contributed by atoms with Crippen molar-refractivity contribution in [3.8, 4) is 0 Å². The molecule has 0 saturated carbocycles. The van der Waals surface area contributed by atoms with Crippen molar-refractivity contribution in [1.29, 1.82) is 0 Å². The Labute approximate surface area is 271 Å². The number of hydrazine groups is 4. The largest absolute Gasteiger partial charge is 0.478 e. The number of hydrogen-bond acceptors (Lipinski definition) is 31. The lowest BCUT2D eigenvalue weighted by Crippen LogP contribution is -2.13. The minimum Gasteiger partial charge on any atom is -0.368 e. The van der Waals surface area contributed by atoms with E-state index in [-0.39, 0.29) is 71.4 Å². The molecule has 0 unspecified atom stereocenters. The molecule has 0 spiro atoms. The second-order valence-electron chi connectivity index (χ2n) is 7.14. The Balaban J connectivity index is 0.000000588. The monoisotopic (exact) mass is 742 g/mol. The van der Waals surface area contributed by atoms with Gasteiger partial charge in [-0.2, -0.15) is 64.1 Å². The van der Waals surface area contributed by atoms with E-state index < -0.39 is 15.6 Å². The molecule has 0 atom stereocenters. The highest BCUT2D eigenvalue weighted by Gasteiger charge is 2.28. The molecule has 0 amide bonds. The minimum atomic E-state index is -5.05. The standard InChI is InChI=1S/4C3H7N7.H4O7P2/c4*4-1-7-2(5)9-3(8-1)10-6;1-8(2,3)7-9(4,5)6/h4*6H2,(H5,4,5,7,8,9,10);(H2,1,2,3)(H2,4,5,6). The van der Waals surface area contributed by atoms with Gasteiger partial charge < -0.3 is 65.4 Å². The van der Waals surface area contributed by atoms with Gasteiger partial charge in [-0.05, 0) is 0 Å². The van der Waals surface area contributed by atoms with Crippen molar-refractivity contribution < 1.29 is 33.0 Å². The summed E-state index contributed by atoms with van der Waals surface area (Å²) in [6, 6.07) is 0. The number of nitrogen functional groups attached to an aromatic ring is 12. The van der Waals surface area contributed by atoms with E-state index >= 15 is 0 Å². The third kappa shape index (κ3) is 21.2. The highest BCUT2D eigenvalue weighted by Crippen LogP contribution is 2.53. The topological polar surface area (TPSA) is 639 Å². The number of nitrogens with two attached hydrogens (primary N) is 12. The van der Waals surface area contributed by atoms with Gasteiger partial charge in [-0.3, -0.25) is 21.7 Å². The molecule has 4 heterocycles. The average Bonchev–Trinajstić information content (AvgIpc) is 2.94. The Hall–Kier alpha value is -6.26. The van der Waals surface area contributed by atoms with Gasteiger partial charge in [-0.25, -0.2) is 32.5 Å². The van der Waals surface area contributed by atoms with E-state index in [1.807, 2.05) is 0 Å². The SMILES string of the molecule is NNc1nc(N)nc(N)n1.NNc1nc(N)nc(N)n1.NNc1nc(N)nc(N)n1.NNc1nc(N)nc(N)n1.O=P(O)(O)OP(=O)(O)O. The first-order valence-corrected chi connectivity index (χ1v) is 14.4. The quantitative estimate of drug-likeness (QED) is 0.0495. The van der Waals surface area contributed by atoms with Gasteiger partial charge in [0, 0.05) is 0 Å². The van der Waals surface area contributed by atoms with Crippen LogP contribution in [-0.4, -0.2) is 79.4 Å². The molecule has 4 aromatic rings. The van der Waals surface area contributed by atoms with Crippen LogP contribution in [0, 0.1) is 0 Å². The first-order valence-electron chi connectivity index (χ1n) is 11.4. The van der Waals surface area contributed by atoms with Crippen molar-refractivity contribution in [2.75, 3.05) is 67.6 Å². The molecule has 0 aliphatic heterocycles. The maximum atomic E-state index is 9.63. The molecule has 0 saturated heterocycles. The zero-order valence-corrected chi connectivity index (χ0v) is 26.0. The first kappa shape index (κ1) is 42.7. The van der Waals surface area contributed by atoms with E-state index in [9.17, 15) is 9.13 Å². The zero-order chi connectivity index (χ0) is 37.9. The zero-order valence-electron chi connectivity index (χ0n) is 24.2. The van der Waals surface area contributed by atoms with Crippen LogP contribution in [0.1, 0.15) is 0 Å². The Kier molecular flexibility index (Phi) is 17.5. The molecule has 0 aliphatic rings. The summed E-state index contributed by atoms with van der Waals surface area (Å²) < 4.78 is 22.2. The molecule has 32 N–H and O–H groups in total. The summed E-state index contributed by atoms with van der Waals surface area (Å²) >= 11 is 0. The molecule has 37 heteroatoms. The van der Waals surface area contributed by atoms with Crippen molar-refractivity contribution in [2.45, 2.75) is 0 Å². The van der Waals surface area contributed by atoms with Gasteiger partial charge in [0.2, 0.25) is 71.4 Å². The summed E-state index contributed by atoms with van der Waals surface area (Å²) in [5.41, 5.74) is 50.3. The van der Waals surface area contributed by atoms with Gasteiger partial charge in [0.05, 0.1) is 0 Å². The van der Waals surface area contributed by atoms with E-state index in [0.29, 0.717) is 0 Å². The molecular weight excluding hydrogens is 710 g/mol. The Morgan fingerprint density at radius 2 is 0.510 bits per heavy atom. The Morgan fingerprint density at radius 3 is 0.592 bits per heavy atom. The molecule has 4 rings (SSSR count). The highest BCUT2D eigenvalue weighted by atomic mass is 31.3. The number of nitrogens with one attached hydrogen (secondary N) is 4. The van der Waals surface area contributed by atoms with Crippen LogP contribution in [0.3, 0.4) is 0 Å². The fourth-order valence-corrected chi connectivity index (χ4v) is 3.14. The van der Waals surface area contributed by atoms with Crippen LogP contribution in [0.4, 0.5) is 71.4 Å². The number of anilines is 12. The number of nitrogens with zero attached hydrogens (tertiary/aromatic N) is 12. The molecule has 4 aromatic heterocycles. The van der Waals surface area contributed by atoms with Crippen LogP contribution in [0.2, 0.25) is 0 Å². The van der Waals surface area contributed by atoms with Crippen LogP contribution in [-0.2, 0) is 13.4 Å². The lowest BCUT2D eigenvalue weighted by Gasteiger charge is -2.03. The molecule has 0 aromatic carbocycles. The summed E-state index contributed by atoms with van der Waals surface area (Å²) in [5, 5.41) is 0. The third-order valence-corrected chi connectivity index (χ3v) is 5.11. The summed E-state index contributed by atoms with van der Waals surface area (Å²) in [6.07, 6.45) is 0. The van der Waals surface area contributed by atoms with Crippen molar-refractivity contribution in [3.05, 3.63) is 0 Å².